The van der Waals surface area contributed by atoms with E-state index >= 15 is 0 Å². The Labute approximate surface area is 229 Å². The van der Waals surface area contributed by atoms with Crippen molar-refractivity contribution in [2.75, 3.05) is 5.32 Å². The lowest BCUT2D eigenvalue weighted by atomic mass is 9.99. The van der Waals surface area contributed by atoms with Gasteiger partial charge in [0.2, 0.25) is 5.91 Å². The summed E-state index contributed by atoms with van der Waals surface area (Å²) in [6.45, 7) is 2.31. The zero-order valence-corrected chi connectivity index (χ0v) is 21.9. The number of hydrogen-bond acceptors (Lipinski definition) is 5. The maximum Gasteiger partial charge on any atom is 0.411 e. The summed E-state index contributed by atoms with van der Waals surface area (Å²) in [6, 6.07) is 23.0. The molecule has 2 atom stereocenters. The van der Waals surface area contributed by atoms with E-state index in [4.69, 9.17) is 4.74 Å². The molecule has 0 aliphatic carbocycles. The highest BCUT2D eigenvalue weighted by molar-refractivity contribution is 7.12. The Kier molecular flexibility index (Phi) is 7.69. The zero-order valence-electron chi connectivity index (χ0n) is 21.1. The van der Waals surface area contributed by atoms with Gasteiger partial charge in [-0.3, -0.25) is 14.5 Å². The van der Waals surface area contributed by atoms with Gasteiger partial charge in [-0.15, -0.1) is 11.3 Å². The van der Waals surface area contributed by atoms with Crippen molar-refractivity contribution in [2.45, 2.75) is 32.2 Å². The maximum absolute atomic E-state index is 13.5. The molecule has 5 rings (SSSR count). The van der Waals surface area contributed by atoms with Gasteiger partial charge < -0.3 is 15.4 Å². The fraction of sp³-hybridized carbons (Fsp3) is 0.167. The summed E-state index contributed by atoms with van der Waals surface area (Å²) in [4.78, 5) is 41.0. The highest BCUT2D eigenvalue weighted by atomic mass is 32.1. The summed E-state index contributed by atoms with van der Waals surface area (Å²) in [5, 5.41) is 7.55. The van der Waals surface area contributed by atoms with Crippen LogP contribution in [0.25, 0.3) is 0 Å². The van der Waals surface area contributed by atoms with Crippen LogP contribution >= 0.6 is 11.3 Å². The monoisotopic (exact) mass is 543 g/mol. The van der Waals surface area contributed by atoms with Crippen LogP contribution in [-0.4, -0.2) is 28.8 Å². The van der Waals surface area contributed by atoms with Gasteiger partial charge in [0, 0.05) is 12.2 Å². The molecule has 39 heavy (non-hydrogen) atoms. The molecule has 3 amide bonds. The Hall–Kier alpha value is -4.50. The molecule has 0 bridgehead atoms. The second-order valence-corrected chi connectivity index (χ2v) is 10.1. The lowest BCUT2D eigenvalue weighted by molar-refractivity contribution is -0.126. The number of carbonyl (C=O) groups is 3. The molecule has 0 unspecified atom stereocenters. The topological polar surface area (TPSA) is 87.7 Å². The fourth-order valence-corrected chi connectivity index (χ4v) is 5.05. The first-order valence-corrected chi connectivity index (χ1v) is 13.3. The highest BCUT2D eigenvalue weighted by Gasteiger charge is 2.47. The molecule has 2 heterocycles. The van der Waals surface area contributed by atoms with Gasteiger partial charge in [0.05, 0.1) is 11.4 Å². The molecule has 1 fully saturated rings. The van der Waals surface area contributed by atoms with E-state index in [0.717, 1.165) is 16.7 Å². The number of anilines is 1. The molecule has 2 N–H and O–H groups in total. The van der Waals surface area contributed by atoms with Crippen molar-refractivity contribution >= 4 is 34.9 Å². The molecule has 198 valence electrons. The number of aryl methyl sites for hydroxylation is 1. The third kappa shape index (κ3) is 5.99. The van der Waals surface area contributed by atoms with E-state index in [2.05, 4.69) is 10.6 Å². The Balaban J connectivity index is 1.38. The van der Waals surface area contributed by atoms with Crippen molar-refractivity contribution in [2.24, 2.45) is 0 Å². The normalized spacial score (nSPS) is 16.6. The van der Waals surface area contributed by atoms with Crippen LogP contribution < -0.4 is 10.6 Å². The number of thiophene rings is 1. The Bertz CT molecular complexity index is 1470. The molecule has 3 aromatic carbocycles. The number of benzene rings is 3. The molecule has 4 aromatic rings. The number of cyclic esters (lactones) is 1. The molecular formula is C30H26FN3O4S. The van der Waals surface area contributed by atoms with Crippen molar-refractivity contribution in [3.63, 3.8) is 0 Å². The van der Waals surface area contributed by atoms with E-state index < -0.39 is 18.2 Å². The number of hydrogen-bond donors (Lipinski definition) is 2. The molecule has 0 spiro atoms. The fourth-order valence-electron chi connectivity index (χ4n) is 4.43. The van der Waals surface area contributed by atoms with E-state index in [1.54, 1.807) is 48.5 Å². The Morgan fingerprint density at radius 3 is 2.41 bits per heavy atom. The molecule has 7 nitrogen and oxygen atoms in total. The van der Waals surface area contributed by atoms with Gasteiger partial charge >= 0.3 is 6.09 Å². The van der Waals surface area contributed by atoms with E-state index in [0.29, 0.717) is 16.1 Å². The first-order chi connectivity index (χ1) is 18.9. The molecular weight excluding hydrogens is 517 g/mol. The maximum atomic E-state index is 13.5. The second-order valence-electron chi connectivity index (χ2n) is 9.20. The van der Waals surface area contributed by atoms with Gasteiger partial charge in [-0.2, -0.15) is 0 Å². The number of nitrogens with zero attached hydrogens (tertiary/aromatic N) is 1. The number of carbonyl (C=O) groups excluding carboxylic acids is 3. The van der Waals surface area contributed by atoms with Gasteiger partial charge in [-0.25, -0.2) is 9.18 Å². The molecule has 9 heteroatoms. The number of rotatable bonds is 8. The molecule has 1 aliphatic heterocycles. The van der Waals surface area contributed by atoms with Crippen molar-refractivity contribution in [3.05, 3.63) is 123 Å². The van der Waals surface area contributed by atoms with E-state index in [1.807, 2.05) is 36.6 Å². The minimum Gasteiger partial charge on any atom is -0.438 e. The number of amides is 3. The summed E-state index contributed by atoms with van der Waals surface area (Å²) in [5.41, 5.74) is 3.81. The molecule has 1 saturated heterocycles. The predicted octanol–water partition coefficient (Wildman–Crippen LogP) is 5.83. The van der Waals surface area contributed by atoms with E-state index in [9.17, 15) is 18.8 Å². The Morgan fingerprint density at radius 2 is 1.72 bits per heavy atom. The Morgan fingerprint density at radius 1 is 0.974 bits per heavy atom. The second kappa shape index (κ2) is 11.5. The van der Waals surface area contributed by atoms with Crippen LogP contribution in [0.3, 0.4) is 0 Å². The van der Waals surface area contributed by atoms with Crippen molar-refractivity contribution in [3.8, 4) is 0 Å². The summed E-state index contributed by atoms with van der Waals surface area (Å²) in [7, 11) is 0. The van der Waals surface area contributed by atoms with Crippen LogP contribution in [0.1, 0.15) is 38.0 Å². The number of nitrogens with one attached hydrogen (secondary N) is 2. The summed E-state index contributed by atoms with van der Waals surface area (Å²) >= 11 is 1.34. The molecule has 1 aromatic heterocycles. The highest BCUT2D eigenvalue weighted by Crippen LogP contribution is 2.35. The first-order valence-electron chi connectivity index (χ1n) is 12.4. The van der Waals surface area contributed by atoms with Crippen LogP contribution in [0.2, 0.25) is 0 Å². The summed E-state index contributed by atoms with van der Waals surface area (Å²) < 4.78 is 19.0. The minimum absolute atomic E-state index is 0.169. The van der Waals surface area contributed by atoms with E-state index in [1.165, 1.54) is 28.4 Å². The van der Waals surface area contributed by atoms with Gasteiger partial charge in [-0.05, 0) is 64.9 Å². The summed E-state index contributed by atoms with van der Waals surface area (Å²) in [5.74, 6) is -0.967. The standard InChI is InChI=1S/C30H26FN3O4S/c1-19-5-2-3-6-22(19)18-34-26(29(36)32-17-20-8-12-23(31)13-9-20)27(38-30(34)37)21-10-14-24(15-11-21)33-28(35)25-7-4-16-39-25/h2-16,26-27H,17-18H2,1H3,(H,32,36)(H,33,35)/t26-,27-/m0/s1. The third-order valence-corrected chi connectivity index (χ3v) is 7.45. The average Bonchev–Trinajstić information content (AvgIpc) is 3.59. The average molecular weight is 544 g/mol. The van der Waals surface area contributed by atoms with Crippen molar-refractivity contribution in [1.82, 2.24) is 10.2 Å². The minimum atomic E-state index is -0.941. The number of ether oxygens (including phenoxy) is 1. The number of halogens is 1. The van der Waals surface area contributed by atoms with Gasteiger partial charge in [0.1, 0.15) is 5.82 Å². The van der Waals surface area contributed by atoms with Gasteiger partial charge in [0.25, 0.3) is 5.91 Å². The van der Waals surface area contributed by atoms with Crippen molar-refractivity contribution < 1.29 is 23.5 Å². The van der Waals surface area contributed by atoms with Crippen molar-refractivity contribution in [1.29, 1.82) is 0 Å². The van der Waals surface area contributed by atoms with Gasteiger partial charge in [-0.1, -0.05) is 54.6 Å². The van der Waals surface area contributed by atoms with Crippen LogP contribution in [-0.2, 0) is 22.6 Å². The summed E-state index contributed by atoms with van der Waals surface area (Å²) in [6.07, 6.45) is -1.46. The zero-order chi connectivity index (χ0) is 27.4. The lowest BCUT2D eigenvalue weighted by Crippen LogP contribution is -2.46. The third-order valence-electron chi connectivity index (χ3n) is 6.58. The first kappa shape index (κ1) is 26.1. The van der Waals surface area contributed by atoms with Crippen LogP contribution in [0.5, 0.6) is 0 Å². The SMILES string of the molecule is Cc1ccccc1CN1C(=O)O[C@@H](c2ccc(NC(=O)c3cccs3)cc2)[C@H]1C(=O)NCc1ccc(F)cc1. The lowest BCUT2D eigenvalue weighted by Gasteiger charge is -2.25. The quantitative estimate of drug-likeness (QED) is 0.293. The van der Waals surface area contributed by atoms with Crippen LogP contribution in [0, 0.1) is 12.7 Å². The van der Waals surface area contributed by atoms with Gasteiger partial charge in [0.15, 0.2) is 12.1 Å². The van der Waals surface area contributed by atoms with Crippen LogP contribution in [0.15, 0.2) is 90.3 Å². The molecule has 1 aliphatic rings. The smallest absolute Gasteiger partial charge is 0.411 e. The largest absolute Gasteiger partial charge is 0.438 e. The van der Waals surface area contributed by atoms with Crippen LogP contribution in [0.4, 0.5) is 14.9 Å². The molecule has 0 saturated carbocycles. The van der Waals surface area contributed by atoms with E-state index in [-0.39, 0.29) is 30.7 Å². The predicted molar refractivity (Wildman–Crippen MR) is 147 cm³/mol. The molecule has 0 radical (unpaired) electrons.